The first-order chi connectivity index (χ1) is 8.78. The Bertz CT molecular complexity index is 296. The van der Waals surface area contributed by atoms with Gasteiger partial charge in [-0.05, 0) is 40.5 Å². The Balaban J connectivity index is 4.16. The monoisotopic (exact) mass is 269 g/mol. The van der Waals surface area contributed by atoms with Crippen molar-refractivity contribution < 1.29 is 9.53 Å². The van der Waals surface area contributed by atoms with Gasteiger partial charge in [-0.3, -0.25) is 0 Å². The molecule has 0 radical (unpaired) electrons. The normalized spacial score (nSPS) is 13.1. The summed E-state index contributed by atoms with van der Waals surface area (Å²) >= 11 is 0. The van der Waals surface area contributed by atoms with Crippen LogP contribution in [0.2, 0.25) is 0 Å². The van der Waals surface area contributed by atoms with Crippen molar-refractivity contribution in [3.05, 3.63) is 11.3 Å². The first kappa shape index (κ1) is 18.0. The molecule has 0 aromatic carbocycles. The van der Waals surface area contributed by atoms with E-state index in [1.165, 1.54) is 25.7 Å². The lowest BCUT2D eigenvalue weighted by molar-refractivity contribution is -0.150. The summed E-state index contributed by atoms with van der Waals surface area (Å²) in [5, 5.41) is 0. The van der Waals surface area contributed by atoms with Gasteiger partial charge in [0.2, 0.25) is 0 Å². The number of ether oxygens (including phenoxy) is 1. The zero-order chi connectivity index (χ0) is 14.9. The molecule has 0 aliphatic rings. The van der Waals surface area contributed by atoms with E-state index in [9.17, 15) is 4.79 Å². The van der Waals surface area contributed by atoms with Gasteiger partial charge in [0.05, 0.1) is 5.57 Å². The summed E-state index contributed by atoms with van der Waals surface area (Å²) < 4.78 is 5.38. The summed E-state index contributed by atoms with van der Waals surface area (Å²) in [5.74, 6) is -0.263. The topological polar surface area (TPSA) is 52.3 Å². The molecule has 0 heterocycles. The molecule has 0 amide bonds. The maximum atomic E-state index is 12.0. The first-order valence-corrected chi connectivity index (χ1v) is 7.46. The Kier molecular flexibility index (Phi) is 8.53. The molecule has 3 heteroatoms. The molecule has 0 unspecified atom stereocenters. The van der Waals surface area contributed by atoms with Gasteiger partial charge in [0.25, 0.3) is 0 Å². The van der Waals surface area contributed by atoms with Crippen molar-refractivity contribution in [2.75, 3.05) is 0 Å². The van der Waals surface area contributed by atoms with Crippen molar-refractivity contribution in [2.24, 2.45) is 5.73 Å². The van der Waals surface area contributed by atoms with Gasteiger partial charge < -0.3 is 10.5 Å². The standard InChI is InChI=1S/C16H31NO2/c1-6-7-8-9-10-11-12-14(13(2)17)15(18)19-16(3,4)5/h6-12,17H2,1-5H3/b14-13-. The third-order valence-electron chi connectivity index (χ3n) is 2.90. The van der Waals surface area contributed by atoms with Gasteiger partial charge in [-0.1, -0.05) is 39.0 Å². The van der Waals surface area contributed by atoms with Crippen molar-refractivity contribution in [2.45, 2.75) is 85.2 Å². The summed E-state index contributed by atoms with van der Waals surface area (Å²) in [6.07, 6.45) is 7.95. The van der Waals surface area contributed by atoms with E-state index >= 15 is 0 Å². The molecular weight excluding hydrogens is 238 g/mol. The summed E-state index contributed by atoms with van der Waals surface area (Å²) in [6, 6.07) is 0. The highest BCUT2D eigenvalue weighted by Crippen LogP contribution is 2.18. The van der Waals surface area contributed by atoms with Crippen molar-refractivity contribution >= 4 is 5.97 Å². The van der Waals surface area contributed by atoms with Crippen molar-refractivity contribution in [3.63, 3.8) is 0 Å². The minimum Gasteiger partial charge on any atom is -0.457 e. The predicted octanol–water partition coefficient (Wildman–Crippen LogP) is 4.31. The molecule has 2 N–H and O–H groups in total. The number of rotatable bonds is 8. The molecular formula is C16H31NO2. The number of hydrogen-bond donors (Lipinski definition) is 1. The largest absolute Gasteiger partial charge is 0.457 e. The molecule has 0 aliphatic heterocycles. The highest BCUT2D eigenvalue weighted by atomic mass is 16.6. The fourth-order valence-electron chi connectivity index (χ4n) is 1.88. The third-order valence-corrected chi connectivity index (χ3v) is 2.90. The summed E-state index contributed by atoms with van der Waals surface area (Å²) in [5.41, 5.74) is 6.57. The van der Waals surface area contributed by atoms with Crippen LogP contribution in [0.1, 0.15) is 79.6 Å². The number of hydrogen-bond acceptors (Lipinski definition) is 3. The average molecular weight is 269 g/mol. The first-order valence-electron chi connectivity index (χ1n) is 7.46. The number of carbonyl (C=O) groups is 1. The molecule has 0 saturated heterocycles. The second-order valence-corrected chi connectivity index (χ2v) is 6.18. The van der Waals surface area contributed by atoms with Crippen LogP contribution in [0.15, 0.2) is 11.3 Å². The molecule has 3 nitrogen and oxygen atoms in total. The lowest BCUT2D eigenvalue weighted by atomic mass is 10.0. The Hall–Kier alpha value is -0.990. The molecule has 0 bridgehead atoms. The SMILES string of the molecule is CCCCCCCC/C(C(=O)OC(C)(C)C)=C(\C)N. The number of allylic oxidation sites excluding steroid dienone is 1. The number of nitrogens with two attached hydrogens (primary N) is 1. The molecule has 0 atom stereocenters. The van der Waals surface area contributed by atoms with Crippen LogP contribution < -0.4 is 5.73 Å². The predicted molar refractivity (Wildman–Crippen MR) is 80.7 cm³/mol. The van der Waals surface area contributed by atoms with Crippen LogP contribution in [0.3, 0.4) is 0 Å². The van der Waals surface area contributed by atoms with Crippen LogP contribution in [0.25, 0.3) is 0 Å². The van der Waals surface area contributed by atoms with Crippen LogP contribution >= 0.6 is 0 Å². The van der Waals surface area contributed by atoms with Crippen LogP contribution in [0, 0.1) is 0 Å². The van der Waals surface area contributed by atoms with Gasteiger partial charge in [0.1, 0.15) is 5.60 Å². The Morgan fingerprint density at radius 1 is 1.05 bits per heavy atom. The van der Waals surface area contributed by atoms with E-state index in [4.69, 9.17) is 10.5 Å². The van der Waals surface area contributed by atoms with E-state index in [2.05, 4.69) is 6.92 Å². The fraction of sp³-hybridized carbons (Fsp3) is 0.812. The minimum atomic E-state index is -0.459. The smallest absolute Gasteiger partial charge is 0.336 e. The second kappa shape index (κ2) is 9.00. The number of unbranched alkanes of at least 4 members (excludes halogenated alkanes) is 5. The van der Waals surface area contributed by atoms with Gasteiger partial charge >= 0.3 is 5.97 Å². The van der Waals surface area contributed by atoms with E-state index in [1.54, 1.807) is 6.92 Å². The molecule has 19 heavy (non-hydrogen) atoms. The number of carbonyl (C=O) groups excluding carboxylic acids is 1. The summed E-state index contributed by atoms with van der Waals surface area (Å²) in [4.78, 5) is 12.0. The lowest BCUT2D eigenvalue weighted by Gasteiger charge is -2.21. The minimum absolute atomic E-state index is 0.263. The highest BCUT2D eigenvalue weighted by Gasteiger charge is 2.20. The van der Waals surface area contributed by atoms with Crippen molar-refractivity contribution in [1.82, 2.24) is 0 Å². The highest BCUT2D eigenvalue weighted by molar-refractivity contribution is 5.89. The second-order valence-electron chi connectivity index (χ2n) is 6.18. The van der Waals surface area contributed by atoms with Crippen LogP contribution in [0.4, 0.5) is 0 Å². The molecule has 0 aromatic heterocycles. The Labute approximate surface area is 118 Å². The Morgan fingerprint density at radius 3 is 2.05 bits per heavy atom. The van der Waals surface area contributed by atoms with Gasteiger partial charge in [0.15, 0.2) is 0 Å². The van der Waals surface area contributed by atoms with E-state index in [0.29, 0.717) is 11.3 Å². The molecule has 0 aliphatic carbocycles. The molecule has 0 spiro atoms. The van der Waals surface area contributed by atoms with E-state index < -0.39 is 5.60 Å². The van der Waals surface area contributed by atoms with E-state index in [0.717, 1.165) is 19.3 Å². The molecule has 0 fully saturated rings. The zero-order valence-corrected chi connectivity index (χ0v) is 13.3. The quantitative estimate of drug-likeness (QED) is 0.406. The Morgan fingerprint density at radius 2 is 1.58 bits per heavy atom. The molecule has 0 aromatic rings. The third kappa shape index (κ3) is 9.57. The maximum Gasteiger partial charge on any atom is 0.336 e. The molecule has 0 rings (SSSR count). The fourth-order valence-corrected chi connectivity index (χ4v) is 1.88. The van der Waals surface area contributed by atoms with Crippen molar-refractivity contribution in [3.8, 4) is 0 Å². The van der Waals surface area contributed by atoms with E-state index in [1.807, 2.05) is 20.8 Å². The van der Waals surface area contributed by atoms with Crippen LogP contribution in [0.5, 0.6) is 0 Å². The number of esters is 1. The maximum absolute atomic E-state index is 12.0. The average Bonchev–Trinajstić information content (AvgIpc) is 2.24. The molecule has 0 saturated carbocycles. The van der Waals surface area contributed by atoms with Gasteiger partial charge in [-0.25, -0.2) is 4.79 Å². The molecule has 112 valence electrons. The van der Waals surface area contributed by atoms with Gasteiger partial charge in [-0.15, -0.1) is 0 Å². The van der Waals surface area contributed by atoms with Crippen molar-refractivity contribution in [1.29, 1.82) is 0 Å². The van der Waals surface area contributed by atoms with Crippen LogP contribution in [-0.4, -0.2) is 11.6 Å². The van der Waals surface area contributed by atoms with Crippen LogP contribution in [-0.2, 0) is 9.53 Å². The summed E-state index contributed by atoms with van der Waals surface area (Å²) in [7, 11) is 0. The van der Waals surface area contributed by atoms with Gasteiger partial charge in [0, 0.05) is 5.70 Å². The van der Waals surface area contributed by atoms with Gasteiger partial charge in [-0.2, -0.15) is 0 Å². The zero-order valence-electron chi connectivity index (χ0n) is 13.3. The lowest BCUT2D eigenvalue weighted by Crippen LogP contribution is -2.26. The van der Waals surface area contributed by atoms with E-state index in [-0.39, 0.29) is 5.97 Å². The summed E-state index contributed by atoms with van der Waals surface area (Å²) in [6.45, 7) is 9.61.